The maximum atomic E-state index is 13.2. The van der Waals surface area contributed by atoms with Crippen LogP contribution in [0.25, 0.3) is 0 Å². The van der Waals surface area contributed by atoms with Crippen LogP contribution in [-0.4, -0.2) is 31.1 Å². The van der Waals surface area contributed by atoms with E-state index in [0.29, 0.717) is 5.56 Å². The monoisotopic (exact) mass is 396 g/mol. The van der Waals surface area contributed by atoms with Crippen LogP contribution in [0.5, 0.6) is 0 Å². The van der Waals surface area contributed by atoms with Gasteiger partial charge in [0.1, 0.15) is 0 Å². The van der Waals surface area contributed by atoms with Crippen molar-refractivity contribution in [1.82, 2.24) is 10.2 Å². The summed E-state index contributed by atoms with van der Waals surface area (Å²) in [4.78, 5) is 2.21. The number of nitrogens with zero attached hydrogens (tertiary/aromatic N) is 1. The fourth-order valence-electron chi connectivity index (χ4n) is 2.92. The zero-order valence-corrected chi connectivity index (χ0v) is 15.0. The molecule has 0 bridgehead atoms. The zero-order chi connectivity index (χ0) is 16.4. The lowest BCUT2D eigenvalue weighted by atomic mass is 9.97. The fourth-order valence-corrected chi connectivity index (χ4v) is 3.82. The van der Waals surface area contributed by atoms with E-state index in [1.54, 1.807) is 17.4 Å². The third-order valence-corrected chi connectivity index (χ3v) is 5.02. The van der Waals surface area contributed by atoms with Crippen LogP contribution >= 0.6 is 35.3 Å². The highest BCUT2D eigenvalue weighted by atomic mass is 35.5. The van der Waals surface area contributed by atoms with Crippen molar-refractivity contribution in [3.05, 3.63) is 56.7 Å². The van der Waals surface area contributed by atoms with Crippen LogP contribution in [-0.2, 0) is 6.18 Å². The molecular weight excluding hydrogens is 380 g/mol. The fraction of sp³-hybridized carbons (Fsp3) is 0.375. The predicted octanol–water partition coefficient (Wildman–Crippen LogP) is 4.84. The maximum Gasteiger partial charge on any atom is 0.417 e. The summed E-state index contributed by atoms with van der Waals surface area (Å²) < 4.78 is 39.5. The summed E-state index contributed by atoms with van der Waals surface area (Å²) in [5, 5.41) is 6.96. The van der Waals surface area contributed by atoms with E-state index in [4.69, 9.17) is 11.6 Å². The molecule has 0 aliphatic carbocycles. The summed E-state index contributed by atoms with van der Waals surface area (Å²) in [5.74, 6) is 0. The van der Waals surface area contributed by atoms with Gasteiger partial charge in [-0.15, -0.1) is 12.4 Å². The van der Waals surface area contributed by atoms with Crippen molar-refractivity contribution >= 4 is 35.3 Å². The second-order valence-electron chi connectivity index (χ2n) is 5.48. The van der Waals surface area contributed by atoms with Gasteiger partial charge in [-0.05, 0) is 40.1 Å². The topological polar surface area (TPSA) is 15.3 Å². The van der Waals surface area contributed by atoms with E-state index in [1.807, 2.05) is 16.8 Å². The van der Waals surface area contributed by atoms with Crippen LogP contribution < -0.4 is 5.32 Å². The van der Waals surface area contributed by atoms with Crippen molar-refractivity contribution in [2.75, 3.05) is 26.2 Å². The second kappa shape index (κ2) is 8.06. The second-order valence-corrected chi connectivity index (χ2v) is 6.67. The van der Waals surface area contributed by atoms with Gasteiger partial charge in [-0.3, -0.25) is 4.90 Å². The molecule has 0 amide bonds. The lowest BCUT2D eigenvalue weighted by Crippen LogP contribution is -2.45. The minimum absolute atomic E-state index is 0. The lowest BCUT2D eigenvalue weighted by Gasteiger charge is -2.35. The Morgan fingerprint density at radius 1 is 1.12 bits per heavy atom. The number of piperazine rings is 1. The number of thiophene rings is 1. The minimum Gasteiger partial charge on any atom is -0.314 e. The van der Waals surface area contributed by atoms with Gasteiger partial charge in [0.15, 0.2) is 0 Å². The Morgan fingerprint density at radius 2 is 1.83 bits per heavy atom. The first kappa shape index (κ1) is 19.5. The Kier molecular flexibility index (Phi) is 6.56. The third kappa shape index (κ3) is 4.24. The number of benzene rings is 1. The van der Waals surface area contributed by atoms with Gasteiger partial charge < -0.3 is 5.32 Å². The van der Waals surface area contributed by atoms with E-state index in [9.17, 15) is 13.2 Å². The number of hydrogen-bond acceptors (Lipinski definition) is 3. The molecule has 3 rings (SSSR count). The van der Waals surface area contributed by atoms with E-state index in [-0.39, 0.29) is 23.5 Å². The van der Waals surface area contributed by atoms with Gasteiger partial charge in [0.25, 0.3) is 0 Å². The Hall–Kier alpha value is -0.790. The number of halogens is 5. The first-order valence-corrected chi connectivity index (χ1v) is 8.62. The predicted molar refractivity (Wildman–Crippen MR) is 94.3 cm³/mol. The van der Waals surface area contributed by atoms with Crippen molar-refractivity contribution in [2.24, 2.45) is 0 Å². The zero-order valence-electron chi connectivity index (χ0n) is 12.6. The molecule has 0 spiro atoms. The highest BCUT2D eigenvalue weighted by molar-refractivity contribution is 7.08. The van der Waals surface area contributed by atoms with E-state index >= 15 is 0 Å². The van der Waals surface area contributed by atoms with Crippen LogP contribution in [0.2, 0.25) is 5.02 Å². The van der Waals surface area contributed by atoms with Crippen molar-refractivity contribution in [1.29, 1.82) is 0 Å². The van der Waals surface area contributed by atoms with Gasteiger partial charge in [-0.1, -0.05) is 17.7 Å². The van der Waals surface area contributed by atoms with E-state index in [0.717, 1.165) is 31.7 Å². The van der Waals surface area contributed by atoms with E-state index in [2.05, 4.69) is 10.2 Å². The van der Waals surface area contributed by atoms with Crippen molar-refractivity contribution in [3.63, 3.8) is 0 Å². The highest BCUT2D eigenvalue weighted by Gasteiger charge is 2.35. The molecule has 1 aromatic carbocycles. The third-order valence-electron chi connectivity index (χ3n) is 3.99. The quantitative estimate of drug-likeness (QED) is 0.798. The van der Waals surface area contributed by atoms with Crippen LogP contribution in [0.15, 0.2) is 35.0 Å². The molecule has 1 aliphatic heterocycles. The van der Waals surface area contributed by atoms with Gasteiger partial charge in [-0.2, -0.15) is 24.5 Å². The van der Waals surface area contributed by atoms with Gasteiger partial charge in [-0.25, -0.2) is 0 Å². The average molecular weight is 397 g/mol. The van der Waals surface area contributed by atoms with E-state index in [1.165, 1.54) is 12.1 Å². The molecule has 2 nitrogen and oxygen atoms in total. The van der Waals surface area contributed by atoms with Gasteiger partial charge in [0.05, 0.1) is 16.6 Å². The molecule has 0 radical (unpaired) electrons. The Labute approximate surface area is 154 Å². The van der Waals surface area contributed by atoms with Gasteiger partial charge >= 0.3 is 6.18 Å². The largest absolute Gasteiger partial charge is 0.417 e. The molecule has 0 saturated carbocycles. The molecule has 1 atom stereocenters. The molecule has 1 fully saturated rings. The Balaban J connectivity index is 0.00000208. The summed E-state index contributed by atoms with van der Waals surface area (Å²) in [5.41, 5.74) is 0.876. The molecule has 24 heavy (non-hydrogen) atoms. The molecule has 0 unspecified atom stereocenters. The molecule has 1 aromatic heterocycles. The minimum atomic E-state index is -4.45. The number of nitrogens with one attached hydrogen (secondary N) is 1. The van der Waals surface area contributed by atoms with Crippen LogP contribution in [0.3, 0.4) is 0 Å². The molecule has 2 heterocycles. The Morgan fingerprint density at radius 3 is 2.42 bits per heavy atom. The van der Waals surface area contributed by atoms with E-state index < -0.39 is 11.7 Å². The molecule has 1 aliphatic rings. The molecule has 2 aromatic rings. The molecule has 8 heteroatoms. The van der Waals surface area contributed by atoms with Crippen LogP contribution in [0.1, 0.15) is 22.7 Å². The standard InChI is InChI=1S/C16H16ClF3N2S.ClH/c17-14-2-1-11(9-13(14)16(18,19)20)15(12-3-8-23-10-12)22-6-4-21-5-7-22;/h1-3,8-10,15,21H,4-7H2;1H/t15-;/m0./s1. The number of alkyl halides is 3. The van der Waals surface area contributed by atoms with Gasteiger partial charge in [0.2, 0.25) is 0 Å². The smallest absolute Gasteiger partial charge is 0.314 e. The SMILES string of the molecule is Cl.FC(F)(F)c1cc([C@@H](c2ccsc2)N2CCNCC2)ccc1Cl. The number of hydrogen-bond donors (Lipinski definition) is 1. The Bertz CT molecular complexity index is 656. The first-order chi connectivity index (χ1) is 11.0. The normalized spacial score (nSPS) is 17.3. The average Bonchev–Trinajstić information content (AvgIpc) is 3.03. The summed E-state index contributed by atoms with van der Waals surface area (Å²) >= 11 is 7.30. The van der Waals surface area contributed by atoms with Crippen LogP contribution in [0, 0.1) is 0 Å². The van der Waals surface area contributed by atoms with Crippen molar-refractivity contribution < 1.29 is 13.2 Å². The first-order valence-electron chi connectivity index (χ1n) is 7.30. The molecule has 1 saturated heterocycles. The maximum absolute atomic E-state index is 13.2. The molecular formula is C16H17Cl2F3N2S. The van der Waals surface area contributed by atoms with Crippen molar-refractivity contribution in [3.8, 4) is 0 Å². The number of rotatable bonds is 3. The van der Waals surface area contributed by atoms with Gasteiger partial charge in [0, 0.05) is 26.2 Å². The molecule has 1 N–H and O–H groups in total. The van der Waals surface area contributed by atoms with Crippen molar-refractivity contribution in [2.45, 2.75) is 12.2 Å². The summed E-state index contributed by atoms with van der Waals surface area (Å²) in [7, 11) is 0. The van der Waals surface area contributed by atoms with Crippen LogP contribution in [0.4, 0.5) is 13.2 Å². The lowest BCUT2D eigenvalue weighted by molar-refractivity contribution is -0.137. The summed E-state index contributed by atoms with van der Waals surface area (Å²) in [6.07, 6.45) is -4.45. The molecule has 132 valence electrons. The summed E-state index contributed by atoms with van der Waals surface area (Å²) in [6, 6.07) is 6.02. The highest BCUT2D eigenvalue weighted by Crippen LogP contribution is 2.38. The summed E-state index contributed by atoms with van der Waals surface area (Å²) in [6.45, 7) is 3.26.